The first kappa shape index (κ1) is 19.9. The Morgan fingerprint density at radius 2 is 1.59 bits per heavy atom. The van der Waals surface area contributed by atoms with Gasteiger partial charge in [-0.3, -0.25) is 9.52 Å². The fourth-order valence-corrected chi connectivity index (χ4v) is 4.57. The third-order valence-corrected chi connectivity index (χ3v) is 6.73. The van der Waals surface area contributed by atoms with E-state index < -0.39 is 10.0 Å². The third-order valence-electron chi connectivity index (χ3n) is 4.80. The van der Waals surface area contributed by atoms with Crippen LogP contribution in [-0.4, -0.2) is 20.9 Å². The van der Waals surface area contributed by atoms with Crippen molar-refractivity contribution < 1.29 is 13.2 Å². The van der Waals surface area contributed by atoms with Crippen molar-refractivity contribution >= 4 is 37.5 Å². The van der Waals surface area contributed by atoms with E-state index in [1.165, 1.54) is 44.2 Å². The van der Waals surface area contributed by atoms with E-state index in [2.05, 4.69) is 26.0 Å². The smallest absolute Gasteiger partial charge is 0.261 e. The zero-order valence-electron chi connectivity index (χ0n) is 14.9. The second-order valence-electron chi connectivity index (χ2n) is 6.85. The molecule has 0 unspecified atom stereocenters. The maximum atomic E-state index is 12.4. The summed E-state index contributed by atoms with van der Waals surface area (Å²) in [5.74, 6) is 0.447. The van der Waals surface area contributed by atoms with Crippen LogP contribution in [0.1, 0.15) is 42.5 Å². The Kier molecular flexibility index (Phi) is 6.55. The van der Waals surface area contributed by atoms with Crippen LogP contribution in [0.15, 0.2) is 57.9 Å². The first-order valence-electron chi connectivity index (χ1n) is 9.11. The summed E-state index contributed by atoms with van der Waals surface area (Å²) < 4.78 is 28.1. The van der Waals surface area contributed by atoms with Crippen molar-refractivity contribution in [2.24, 2.45) is 5.92 Å². The van der Waals surface area contributed by atoms with Crippen molar-refractivity contribution in [2.45, 2.75) is 37.0 Å². The molecule has 1 amide bonds. The number of benzene rings is 2. The van der Waals surface area contributed by atoms with Crippen LogP contribution >= 0.6 is 15.9 Å². The molecule has 2 aromatic rings. The van der Waals surface area contributed by atoms with Crippen LogP contribution in [0.4, 0.5) is 5.69 Å². The lowest BCUT2D eigenvalue weighted by Gasteiger charge is -2.21. The fraction of sp³-hybridized carbons (Fsp3) is 0.350. The van der Waals surface area contributed by atoms with Gasteiger partial charge in [0.15, 0.2) is 0 Å². The largest absolute Gasteiger partial charge is 0.352 e. The number of carbonyl (C=O) groups excluding carboxylic acids is 1. The van der Waals surface area contributed by atoms with Gasteiger partial charge in [-0.15, -0.1) is 0 Å². The van der Waals surface area contributed by atoms with Crippen LogP contribution in [0.3, 0.4) is 0 Å². The first-order chi connectivity index (χ1) is 12.9. The van der Waals surface area contributed by atoms with Crippen LogP contribution in [0, 0.1) is 5.92 Å². The lowest BCUT2D eigenvalue weighted by Crippen LogP contribution is -2.30. The zero-order valence-corrected chi connectivity index (χ0v) is 17.4. The van der Waals surface area contributed by atoms with Gasteiger partial charge in [0.05, 0.1) is 4.90 Å². The third kappa shape index (κ3) is 5.56. The molecule has 0 saturated heterocycles. The van der Waals surface area contributed by atoms with Crippen molar-refractivity contribution in [3.05, 3.63) is 58.6 Å². The second kappa shape index (κ2) is 8.89. The average molecular weight is 451 g/mol. The van der Waals surface area contributed by atoms with Gasteiger partial charge < -0.3 is 5.32 Å². The minimum atomic E-state index is -3.66. The van der Waals surface area contributed by atoms with Crippen molar-refractivity contribution in [2.75, 3.05) is 11.3 Å². The molecule has 1 aliphatic rings. The first-order valence-corrected chi connectivity index (χ1v) is 11.4. The van der Waals surface area contributed by atoms with Crippen molar-refractivity contribution in [3.63, 3.8) is 0 Å². The van der Waals surface area contributed by atoms with Gasteiger partial charge in [-0.05, 0) is 67.3 Å². The highest BCUT2D eigenvalue weighted by molar-refractivity contribution is 9.10. The monoisotopic (exact) mass is 450 g/mol. The summed E-state index contributed by atoms with van der Waals surface area (Å²) in [5, 5.41) is 2.99. The highest BCUT2D eigenvalue weighted by Crippen LogP contribution is 2.23. The molecule has 0 spiro atoms. The number of sulfonamides is 1. The summed E-state index contributed by atoms with van der Waals surface area (Å²) in [7, 11) is -3.66. The van der Waals surface area contributed by atoms with E-state index in [1.54, 1.807) is 36.4 Å². The van der Waals surface area contributed by atoms with Crippen LogP contribution in [-0.2, 0) is 10.0 Å². The number of hydrogen-bond donors (Lipinski definition) is 2. The molecule has 5 nitrogen and oxygen atoms in total. The van der Waals surface area contributed by atoms with Crippen molar-refractivity contribution in [3.8, 4) is 0 Å². The predicted molar refractivity (Wildman–Crippen MR) is 110 cm³/mol. The van der Waals surface area contributed by atoms with E-state index in [1.807, 2.05) is 0 Å². The van der Waals surface area contributed by atoms with Crippen LogP contribution in [0.25, 0.3) is 0 Å². The van der Waals surface area contributed by atoms with Gasteiger partial charge in [-0.2, -0.15) is 0 Å². The van der Waals surface area contributed by atoms with Crippen LogP contribution in [0.2, 0.25) is 0 Å². The van der Waals surface area contributed by atoms with E-state index in [4.69, 9.17) is 0 Å². The molecular weight excluding hydrogens is 428 g/mol. The van der Waals surface area contributed by atoms with Gasteiger partial charge in [0.1, 0.15) is 0 Å². The van der Waals surface area contributed by atoms with Gasteiger partial charge in [-0.1, -0.05) is 35.2 Å². The van der Waals surface area contributed by atoms with Crippen molar-refractivity contribution in [1.29, 1.82) is 0 Å². The summed E-state index contributed by atoms with van der Waals surface area (Å²) in [6.45, 7) is 0.705. The molecule has 0 bridgehead atoms. The highest BCUT2D eigenvalue weighted by Gasteiger charge is 2.16. The molecule has 1 saturated carbocycles. The van der Waals surface area contributed by atoms with Gasteiger partial charge in [0.2, 0.25) is 0 Å². The quantitative estimate of drug-likeness (QED) is 0.676. The lowest BCUT2D eigenvalue weighted by molar-refractivity contribution is 0.0943. The topological polar surface area (TPSA) is 75.3 Å². The molecule has 144 valence electrons. The molecule has 0 aromatic heterocycles. The maximum absolute atomic E-state index is 12.4. The average Bonchev–Trinajstić information content (AvgIpc) is 2.67. The Bertz CT molecular complexity index is 874. The summed E-state index contributed by atoms with van der Waals surface area (Å²) in [6, 6.07) is 12.9. The summed E-state index contributed by atoms with van der Waals surface area (Å²) in [4.78, 5) is 12.5. The molecule has 0 atom stereocenters. The molecule has 27 heavy (non-hydrogen) atoms. The molecule has 0 aliphatic heterocycles. The van der Waals surface area contributed by atoms with E-state index in [0.717, 1.165) is 4.47 Å². The minimum absolute atomic E-state index is 0.122. The number of amides is 1. The van der Waals surface area contributed by atoms with E-state index in [9.17, 15) is 13.2 Å². The Balaban J connectivity index is 1.59. The zero-order chi connectivity index (χ0) is 19.3. The maximum Gasteiger partial charge on any atom is 0.261 e. The van der Waals surface area contributed by atoms with E-state index in [0.29, 0.717) is 23.7 Å². The number of rotatable bonds is 6. The van der Waals surface area contributed by atoms with E-state index >= 15 is 0 Å². The number of carbonyl (C=O) groups is 1. The van der Waals surface area contributed by atoms with Gasteiger partial charge in [-0.25, -0.2) is 8.42 Å². The highest BCUT2D eigenvalue weighted by atomic mass is 79.9. The molecule has 2 N–H and O–H groups in total. The molecule has 1 aliphatic carbocycles. The number of hydrogen-bond acceptors (Lipinski definition) is 3. The normalized spacial score (nSPS) is 15.3. The second-order valence-corrected chi connectivity index (χ2v) is 9.45. The fourth-order valence-electron chi connectivity index (χ4n) is 3.25. The van der Waals surface area contributed by atoms with Crippen molar-refractivity contribution in [1.82, 2.24) is 5.32 Å². The van der Waals surface area contributed by atoms with Gasteiger partial charge >= 0.3 is 0 Å². The van der Waals surface area contributed by atoms with Gasteiger partial charge in [0, 0.05) is 22.3 Å². The predicted octanol–water partition coefficient (Wildman–Crippen LogP) is 4.56. The SMILES string of the molecule is O=C(NCC1CCCCC1)c1ccc(NS(=O)(=O)c2ccc(Br)cc2)cc1. The molecule has 1 fully saturated rings. The molecule has 2 aromatic carbocycles. The Labute approximate surface area is 168 Å². The number of anilines is 1. The number of nitrogens with one attached hydrogen (secondary N) is 2. The molecule has 0 radical (unpaired) electrons. The Hall–Kier alpha value is -1.86. The minimum Gasteiger partial charge on any atom is -0.352 e. The lowest BCUT2D eigenvalue weighted by atomic mass is 9.89. The molecule has 0 heterocycles. The molecular formula is C20H23BrN2O3S. The summed E-state index contributed by atoms with van der Waals surface area (Å²) in [5.41, 5.74) is 0.944. The van der Waals surface area contributed by atoms with E-state index in [-0.39, 0.29) is 10.8 Å². The summed E-state index contributed by atoms with van der Waals surface area (Å²) in [6.07, 6.45) is 6.14. The molecule has 7 heteroatoms. The number of halogens is 1. The summed E-state index contributed by atoms with van der Waals surface area (Å²) >= 11 is 3.29. The van der Waals surface area contributed by atoms with Crippen LogP contribution in [0.5, 0.6) is 0 Å². The Morgan fingerprint density at radius 1 is 0.963 bits per heavy atom. The van der Waals surface area contributed by atoms with Gasteiger partial charge in [0.25, 0.3) is 15.9 Å². The van der Waals surface area contributed by atoms with Crippen LogP contribution < -0.4 is 10.0 Å². The standard InChI is InChI=1S/C20H23BrN2O3S/c21-17-8-12-19(13-9-17)27(25,26)23-18-10-6-16(7-11-18)20(24)22-14-15-4-2-1-3-5-15/h6-13,15,23H,1-5,14H2,(H,22,24). The Morgan fingerprint density at radius 3 is 2.22 bits per heavy atom. The molecule has 3 rings (SSSR count).